The highest BCUT2D eigenvalue weighted by Crippen LogP contribution is 2.26. The Balaban J connectivity index is 2.15. The van der Waals surface area contributed by atoms with Gasteiger partial charge in [0.1, 0.15) is 11.5 Å². The SMILES string of the molecule is CCOc1cccc(N2CCC(=O)CC2C)c1. The molecule has 17 heavy (non-hydrogen) atoms. The van der Waals surface area contributed by atoms with Crippen LogP contribution in [0.2, 0.25) is 0 Å². The molecule has 3 heteroatoms. The third kappa shape index (κ3) is 2.78. The van der Waals surface area contributed by atoms with Crippen molar-refractivity contribution in [3.63, 3.8) is 0 Å². The number of carbonyl (C=O) groups is 1. The van der Waals surface area contributed by atoms with Gasteiger partial charge in [-0.05, 0) is 26.0 Å². The molecule has 0 amide bonds. The van der Waals surface area contributed by atoms with Crippen molar-refractivity contribution in [1.29, 1.82) is 0 Å². The van der Waals surface area contributed by atoms with E-state index in [0.29, 0.717) is 25.2 Å². The van der Waals surface area contributed by atoms with Gasteiger partial charge in [0.15, 0.2) is 0 Å². The van der Waals surface area contributed by atoms with Gasteiger partial charge in [-0.25, -0.2) is 0 Å². The van der Waals surface area contributed by atoms with Crippen LogP contribution < -0.4 is 9.64 Å². The van der Waals surface area contributed by atoms with Crippen molar-refractivity contribution < 1.29 is 9.53 Å². The number of hydrogen-bond donors (Lipinski definition) is 0. The summed E-state index contributed by atoms with van der Waals surface area (Å²) in [5.41, 5.74) is 1.15. The summed E-state index contributed by atoms with van der Waals surface area (Å²) in [7, 11) is 0. The summed E-state index contributed by atoms with van der Waals surface area (Å²) < 4.78 is 5.50. The van der Waals surface area contributed by atoms with Crippen molar-refractivity contribution >= 4 is 11.5 Å². The van der Waals surface area contributed by atoms with Crippen molar-refractivity contribution in [1.82, 2.24) is 0 Å². The molecule has 3 nitrogen and oxygen atoms in total. The molecule has 1 aromatic carbocycles. The van der Waals surface area contributed by atoms with Crippen molar-refractivity contribution in [2.24, 2.45) is 0 Å². The topological polar surface area (TPSA) is 29.5 Å². The monoisotopic (exact) mass is 233 g/mol. The van der Waals surface area contributed by atoms with E-state index in [9.17, 15) is 4.79 Å². The van der Waals surface area contributed by atoms with Crippen molar-refractivity contribution in [3.05, 3.63) is 24.3 Å². The Bertz CT molecular complexity index is 403. The van der Waals surface area contributed by atoms with E-state index in [2.05, 4.69) is 24.0 Å². The van der Waals surface area contributed by atoms with Crippen molar-refractivity contribution in [2.45, 2.75) is 32.7 Å². The molecule has 1 fully saturated rings. The maximum atomic E-state index is 11.4. The molecule has 1 atom stereocenters. The lowest BCUT2D eigenvalue weighted by atomic mass is 10.0. The lowest BCUT2D eigenvalue weighted by Crippen LogP contribution is -2.41. The summed E-state index contributed by atoms with van der Waals surface area (Å²) in [6.07, 6.45) is 1.31. The lowest BCUT2D eigenvalue weighted by Gasteiger charge is -2.34. The molecule has 0 aromatic heterocycles. The number of Topliss-reactive ketones (excluding diaryl/α,β-unsaturated/α-hetero) is 1. The molecule has 0 aliphatic carbocycles. The number of ether oxygens (including phenoxy) is 1. The van der Waals surface area contributed by atoms with E-state index in [0.717, 1.165) is 18.0 Å². The quantitative estimate of drug-likeness (QED) is 0.803. The number of hydrogen-bond acceptors (Lipinski definition) is 3. The van der Waals surface area contributed by atoms with Crippen LogP contribution in [-0.2, 0) is 4.79 Å². The second-order valence-corrected chi connectivity index (χ2v) is 4.47. The Hall–Kier alpha value is -1.51. The van der Waals surface area contributed by atoms with E-state index in [1.807, 2.05) is 19.1 Å². The average Bonchev–Trinajstić information content (AvgIpc) is 2.29. The molecule has 1 aliphatic rings. The Labute approximate surface area is 102 Å². The summed E-state index contributed by atoms with van der Waals surface area (Å²) in [5.74, 6) is 1.27. The van der Waals surface area contributed by atoms with Gasteiger partial charge in [0, 0.05) is 37.2 Å². The maximum Gasteiger partial charge on any atom is 0.136 e. The van der Waals surface area contributed by atoms with E-state index in [4.69, 9.17) is 4.74 Å². The molecule has 2 rings (SSSR count). The van der Waals surface area contributed by atoms with Crippen LogP contribution >= 0.6 is 0 Å². The van der Waals surface area contributed by atoms with Crippen LogP contribution in [0.15, 0.2) is 24.3 Å². The molecule has 0 N–H and O–H groups in total. The molecule has 1 saturated heterocycles. The predicted molar refractivity (Wildman–Crippen MR) is 68.7 cm³/mol. The highest BCUT2D eigenvalue weighted by Gasteiger charge is 2.23. The van der Waals surface area contributed by atoms with Gasteiger partial charge in [-0.15, -0.1) is 0 Å². The Morgan fingerprint density at radius 2 is 2.29 bits per heavy atom. The smallest absolute Gasteiger partial charge is 0.136 e. The standard InChI is InChI=1S/C14H19NO2/c1-3-17-14-6-4-5-12(10-14)15-8-7-13(16)9-11(15)2/h4-6,10-11H,3,7-9H2,1-2H3. The van der Waals surface area contributed by atoms with Gasteiger partial charge in [0.2, 0.25) is 0 Å². The molecular weight excluding hydrogens is 214 g/mol. The minimum Gasteiger partial charge on any atom is -0.494 e. The maximum absolute atomic E-state index is 11.4. The molecule has 1 unspecified atom stereocenters. The first kappa shape index (κ1) is 12.0. The molecular formula is C14H19NO2. The van der Waals surface area contributed by atoms with Crippen molar-refractivity contribution in [3.8, 4) is 5.75 Å². The van der Waals surface area contributed by atoms with E-state index >= 15 is 0 Å². The Morgan fingerprint density at radius 1 is 1.47 bits per heavy atom. The van der Waals surface area contributed by atoms with Crippen LogP contribution in [0, 0.1) is 0 Å². The molecule has 1 aromatic rings. The van der Waals surface area contributed by atoms with Crippen molar-refractivity contribution in [2.75, 3.05) is 18.1 Å². The third-order valence-electron chi connectivity index (χ3n) is 3.15. The van der Waals surface area contributed by atoms with Crippen LogP contribution in [0.5, 0.6) is 5.75 Å². The molecule has 0 spiro atoms. The third-order valence-corrected chi connectivity index (χ3v) is 3.15. The fourth-order valence-corrected chi connectivity index (χ4v) is 2.31. The summed E-state index contributed by atoms with van der Waals surface area (Å²) in [6, 6.07) is 8.38. The summed E-state index contributed by atoms with van der Waals surface area (Å²) in [5, 5.41) is 0. The fourth-order valence-electron chi connectivity index (χ4n) is 2.31. The second-order valence-electron chi connectivity index (χ2n) is 4.47. The first-order valence-electron chi connectivity index (χ1n) is 6.22. The van der Waals surface area contributed by atoms with Gasteiger partial charge >= 0.3 is 0 Å². The van der Waals surface area contributed by atoms with Crippen LogP contribution in [0.25, 0.3) is 0 Å². The van der Waals surface area contributed by atoms with Gasteiger partial charge in [-0.1, -0.05) is 6.07 Å². The number of nitrogens with zero attached hydrogens (tertiary/aromatic N) is 1. The van der Waals surface area contributed by atoms with Crippen LogP contribution in [0.1, 0.15) is 26.7 Å². The second kappa shape index (κ2) is 5.21. The average molecular weight is 233 g/mol. The molecule has 0 saturated carbocycles. The summed E-state index contributed by atoms with van der Waals surface area (Å²) >= 11 is 0. The lowest BCUT2D eigenvalue weighted by molar-refractivity contribution is -0.120. The van der Waals surface area contributed by atoms with E-state index in [-0.39, 0.29) is 6.04 Å². The summed E-state index contributed by atoms with van der Waals surface area (Å²) in [6.45, 7) is 5.58. The van der Waals surface area contributed by atoms with Gasteiger partial charge < -0.3 is 9.64 Å². The first-order chi connectivity index (χ1) is 8.20. The Morgan fingerprint density at radius 3 is 3.00 bits per heavy atom. The number of ketones is 1. The number of carbonyl (C=O) groups excluding carboxylic acids is 1. The minimum atomic E-state index is 0.285. The summed E-state index contributed by atoms with van der Waals surface area (Å²) in [4.78, 5) is 13.7. The molecule has 1 heterocycles. The van der Waals surface area contributed by atoms with E-state index < -0.39 is 0 Å². The number of anilines is 1. The molecule has 92 valence electrons. The van der Waals surface area contributed by atoms with E-state index in [1.54, 1.807) is 0 Å². The van der Waals surface area contributed by atoms with Crippen LogP contribution in [-0.4, -0.2) is 25.0 Å². The van der Waals surface area contributed by atoms with Crippen LogP contribution in [0.4, 0.5) is 5.69 Å². The number of piperidine rings is 1. The normalized spacial score (nSPS) is 20.5. The van der Waals surface area contributed by atoms with Gasteiger partial charge in [-0.3, -0.25) is 4.79 Å². The highest BCUT2D eigenvalue weighted by molar-refractivity contribution is 5.81. The minimum absolute atomic E-state index is 0.285. The van der Waals surface area contributed by atoms with E-state index in [1.165, 1.54) is 0 Å². The van der Waals surface area contributed by atoms with Gasteiger partial charge in [-0.2, -0.15) is 0 Å². The molecule has 1 aliphatic heterocycles. The first-order valence-corrected chi connectivity index (χ1v) is 6.22. The molecule has 0 bridgehead atoms. The fraction of sp³-hybridized carbons (Fsp3) is 0.500. The number of benzene rings is 1. The number of rotatable bonds is 3. The highest BCUT2D eigenvalue weighted by atomic mass is 16.5. The zero-order chi connectivity index (χ0) is 12.3. The Kier molecular flexibility index (Phi) is 3.67. The van der Waals surface area contributed by atoms with Gasteiger partial charge in [0.25, 0.3) is 0 Å². The zero-order valence-corrected chi connectivity index (χ0v) is 10.5. The molecule has 0 radical (unpaired) electrons. The largest absolute Gasteiger partial charge is 0.494 e. The van der Waals surface area contributed by atoms with Gasteiger partial charge in [0.05, 0.1) is 6.61 Å². The predicted octanol–water partition coefficient (Wildman–Crippen LogP) is 2.64. The van der Waals surface area contributed by atoms with Crippen LogP contribution in [0.3, 0.4) is 0 Å². The zero-order valence-electron chi connectivity index (χ0n) is 10.5.